The fraction of sp³-hybridized carbons (Fsp3) is 0.773. The summed E-state index contributed by atoms with van der Waals surface area (Å²) in [7, 11) is 0. The minimum Gasteiger partial charge on any atom is -0.394 e. The highest BCUT2D eigenvalue weighted by molar-refractivity contribution is 5.76. The van der Waals surface area contributed by atoms with Crippen LogP contribution in [0.2, 0.25) is 0 Å². The number of carbonyl (C=O) groups excluding carboxylic acids is 1. The lowest BCUT2D eigenvalue weighted by molar-refractivity contribution is -0.379. The monoisotopic (exact) mass is 1330 g/mol. The standard InChI is InChI=1S/C75H129NO18/c1-3-5-7-9-11-13-15-17-19-21-23-25-27-28-29-31-32-34-36-38-40-42-44-46-48-50-52-59(80)58(76-63(81)53-51-49-47-45-43-41-39-37-35-33-30-26-24-22-20-18-16-14-12-10-8-6-4-2)57-89-73-69(87)66(84)71(61(55-78)91-73)94-75-70(88)67(85)72(62(56-79)92-75)93-74-68(86)65(83)64(82)60(54-77)90-74/h6,8,12,14,18,20,24,26,33-36,42,44,50,52,58-62,64-75,77-80,82-88H,3-5,7,9-11,13,15-17,19,21-23,25,27-32,37-41,43,45-49,51,53-57H2,1-2H3,(H,76,81)/b8-6-,14-12-,20-18-,26-24-,35-33-,36-34+,44-42+,52-50+. The molecule has 3 saturated heterocycles. The van der Waals surface area contributed by atoms with Crippen molar-refractivity contribution in [3.63, 3.8) is 0 Å². The normalized spacial score (nSPS) is 27.9. The molecule has 3 aliphatic heterocycles. The molecule has 19 nitrogen and oxygen atoms in total. The number of rotatable bonds is 55. The Morgan fingerprint density at radius 2 is 0.745 bits per heavy atom. The molecule has 0 aliphatic carbocycles. The lowest BCUT2D eigenvalue weighted by atomic mass is 9.96. The van der Waals surface area contributed by atoms with Crippen molar-refractivity contribution in [1.29, 1.82) is 0 Å². The maximum absolute atomic E-state index is 13.4. The Bertz CT molecular complexity index is 2080. The molecule has 542 valence electrons. The highest BCUT2D eigenvalue weighted by Gasteiger charge is 2.53. The molecular weight excluding hydrogens is 1200 g/mol. The van der Waals surface area contributed by atoms with Crippen molar-refractivity contribution < 1.29 is 89.4 Å². The molecule has 19 heteroatoms. The van der Waals surface area contributed by atoms with E-state index in [1.807, 2.05) is 6.08 Å². The number of unbranched alkanes of at least 4 members (excludes halogenated alkanes) is 25. The SMILES string of the molecule is CC/C=C\C/C=C\C/C=C\C/C=C\C/C=C\CCCCCCCCCC(=O)NC(COC1OC(CO)C(OC2OC(CO)C(OC3OC(CO)C(O)C(O)C3O)C(O)C2O)C(O)C1O)C(O)/C=C/CC/C=C/CC/C=C/CCCCCCCCCCCCCCCCCC. The molecule has 0 spiro atoms. The van der Waals surface area contributed by atoms with Gasteiger partial charge in [0, 0.05) is 6.42 Å². The van der Waals surface area contributed by atoms with Gasteiger partial charge >= 0.3 is 0 Å². The largest absolute Gasteiger partial charge is 0.394 e. The first-order chi connectivity index (χ1) is 45.8. The van der Waals surface area contributed by atoms with E-state index in [0.717, 1.165) is 103 Å². The number of allylic oxidation sites excluding steroid dienone is 15. The van der Waals surface area contributed by atoms with Gasteiger partial charge < -0.3 is 89.9 Å². The van der Waals surface area contributed by atoms with Crippen molar-refractivity contribution in [2.75, 3.05) is 26.4 Å². The fourth-order valence-electron chi connectivity index (χ4n) is 11.7. The van der Waals surface area contributed by atoms with Crippen molar-refractivity contribution in [2.45, 2.75) is 343 Å². The molecule has 3 heterocycles. The third-order valence-corrected chi connectivity index (χ3v) is 17.6. The fourth-order valence-corrected chi connectivity index (χ4v) is 11.7. The summed E-state index contributed by atoms with van der Waals surface area (Å²) in [6.45, 7) is 1.59. The Balaban J connectivity index is 1.45. The number of nitrogens with one attached hydrogen (secondary N) is 1. The predicted octanol–water partition coefficient (Wildman–Crippen LogP) is 10.4. The van der Waals surface area contributed by atoms with Crippen molar-refractivity contribution in [3.8, 4) is 0 Å². The van der Waals surface area contributed by atoms with E-state index in [-0.39, 0.29) is 18.9 Å². The quantitative estimate of drug-likeness (QED) is 0.0199. The maximum Gasteiger partial charge on any atom is 0.220 e. The smallest absolute Gasteiger partial charge is 0.220 e. The van der Waals surface area contributed by atoms with Gasteiger partial charge in [-0.1, -0.05) is 239 Å². The highest BCUT2D eigenvalue weighted by atomic mass is 16.8. The van der Waals surface area contributed by atoms with Gasteiger partial charge in [0.1, 0.15) is 73.2 Å². The van der Waals surface area contributed by atoms with Crippen LogP contribution in [0.15, 0.2) is 97.2 Å². The number of ether oxygens (including phenoxy) is 6. The van der Waals surface area contributed by atoms with Crippen LogP contribution in [-0.2, 0) is 33.2 Å². The van der Waals surface area contributed by atoms with E-state index in [2.05, 4.69) is 104 Å². The van der Waals surface area contributed by atoms with E-state index in [1.165, 1.54) is 103 Å². The predicted molar refractivity (Wildman–Crippen MR) is 369 cm³/mol. The lowest BCUT2D eigenvalue weighted by Crippen LogP contribution is -2.66. The lowest BCUT2D eigenvalue weighted by Gasteiger charge is -2.48. The number of aliphatic hydroxyl groups is 11. The minimum atomic E-state index is -1.99. The summed E-state index contributed by atoms with van der Waals surface area (Å²) in [6.07, 6.45) is 46.7. The second-order valence-corrected chi connectivity index (χ2v) is 25.6. The van der Waals surface area contributed by atoms with Crippen LogP contribution in [0, 0.1) is 0 Å². The zero-order valence-electron chi connectivity index (χ0n) is 57.4. The van der Waals surface area contributed by atoms with Gasteiger partial charge in [-0.2, -0.15) is 0 Å². The first-order valence-corrected chi connectivity index (χ1v) is 36.5. The van der Waals surface area contributed by atoms with Crippen molar-refractivity contribution in [3.05, 3.63) is 97.2 Å². The van der Waals surface area contributed by atoms with Crippen LogP contribution < -0.4 is 5.32 Å². The molecular formula is C75H129NO18. The maximum atomic E-state index is 13.4. The third-order valence-electron chi connectivity index (χ3n) is 17.6. The van der Waals surface area contributed by atoms with Gasteiger partial charge in [0.2, 0.25) is 5.91 Å². The van der Waals surface area contributed by atoms with Gasteiger partial charge in [0.15, 0.2) is 18.9 Å². The van der Waals surface area contributed by atoms with Gasteiger partial charge in [0.05, 0.1) is 38.6 Å². The zero-order chi connectivity index (χ0) is 68.2. The van der Waals surface area contributed by atoms with Gasteiger partial charge in [-0.05, 0) is 89.9 Å². The summed E-state index contributed by atoms with van der Waals surface area (Å²) in [5, 5.41) is 121. The molecule has 0 aromatic rings. The van der Waals surface area contributed by atoms with Crippen molar-refractivity contribution >= 4 is 5.91 Å². The molecule has 17 unspecified atom stereocenters. The number of amides is 1. The molecule has 3 aliphatic rings. The average molecular weight is 1330 g/mol. The molecule has 0 aromatic carbocycles. The van der Waals surface area contributed by atoms with Crippen molar-refractivity contribution in [1.82, 2.24) is 5.32 Å². The summed E-state index contributed by atoms with van der Waals surface area (Å²) >= 11 is 0. The van der Waals surface area contributed by atoms with E-state index < -0.39 is 124 Å². The number of hydrogen-bond acceptors (Lipinski definition) is 18. The van der Waals surface area contributed by atoms with Crippen LogP contribution in [0.25, 0.3) is 0 Å². The molecule has 17 atom stereocenters. The van der Waals surface area contributed by atoms with Crippen LogP contribution in [0.4, 0.5) is 0 Å². The van der Waals surface area contributed by atoms with Crippen LogP contribution >= 0.6 is 0 Å². The first-order valence-electron chi connectivity index (χ1n) is 36.5. The average Bonchev–Trinajstić information content (AvgIpc) is 0.787. The van der Waals surface area contributed by atoms with Crippen LogP contribution in [0.1, 0.15) is 239 Å². The van der Waals surface area contributed by atoms with Gasteiger partial charge in [-0.25, -0.2) is 0 Å². The van der Waals surface area contributed by atoms with Gasteiger partial charge in [-0.3, -0.25) is 4.79 Å². The van der Waals surface area contributed by atoms with Crippen molar-refractivity contribution in [2.24, 2.45) is 0 Å². The molecule has 94 heavy (non-hydrogen) atoms. The minimum absolute atomic E-state index is 0.213. The summed E-state index contributed by atoms with van der Waals surface area (Å²) in [4.78, 5) is 13.4. The number of aliphatic hydroxyl groups excluding tert-OH is 11. The zero-order valence-corrected chi connectivity index (χ0v) is 57.4. The second-order valence-electron chi connectivity index (χ2n) is 25.6. The third kappa shape index (κ3) is 36.5. The Hall–Kier alpha value is -3.29. The first kappa shape index (κ1) is 84.9. The molecule has 0 radical (unpaired) electrons. The number of carbonyl (C=O) groups is 1. The molecule has 0 saturated carbocycles. The Labute approximate surface area is 564 Å². The molecule has 0 bridgehead atoms. The van der Waals surface area contributed by atoms with E-state index in [9.17, 15) is 61.0 Å². The number of hydrogen-bond donors (Lipinski definition) is 12. The van der Waals surface area contributed by atoms with E-state index in [0.29, 0.717) is 12.8 Å². The second kappa shape index (κ2) is 55.6. The van der Waals surface area contributed by atoms with Crippen LogP contribution in [0.5, 0.6) is 0 Å². The molecule has 1 amide bonds. The molecule has 3 fully saturated rings. The summed E-state index contributed by atoms with van der Waals surface area (Å²) in [5.74, 6) is -0.304. The topological polar surface area (TPSA) is 307 Å². The summed E-state index contributed by atoms with van der Waals surface area (Å²) in [5.41, 5.74) is 0. The van der Waals surface area contributed by atoms with Gasteiger partial charge in [-0.15, -0.1) is 0 Å². The Kier molecular flexibility index (Phi) is 50.2. The molecule has 3 rings (SSSR count). The van der Waals surface area contributed by atoms with E-state index in [1.54, 1.807) is 6.08 Å². The summed E-state index contributed by atoms with van der Waals surface area (Å²) < 4.78 is 34.3. The van der Waals surface area contributed by atoms with Crippen LogP contribution in [-0.4, -0.2) is 193 Å². The Morgan fingerprint density at radius 3 is 1.19 bits per heavy atom. The highest BCUT2D eigenvalue weighted by Crippen LogP contribution is 2.33. The summed E-state index contributed by atoms with van der Waals surface area (Å²) in [6, 6.07) is -1.01. The Morgan fingerprint density at radius 1 is 0.394 bits per heavy atom. The molecule has 12 N–H and O–H groups in total. The van der Waals surface area contributed by atoms with E-state index >= 15 is 0 Å². The van der Waals surface area contributed by atoms with E-state index in [4.69, 9.17) is 28.4 Å². The molecule has 0 aromatic heterocycles. The van der Waals surface area contributed by atoms with Crippen LogP contribution in [0.3, 0.4) is 0 Å². The van der Waals surface area contributed by atoms with Gasteiger partial charge in [0.25, 0.3) is 0 Å².